The van der Waals surface area contributed by atoms with Crippen molar-refractivity contribution in [3.8, 4) is 11.6 Å². The van der Waals surface area contributed by atoms with Gasteiger partial charge in [-0.1, -0.05) is 19.8 Å². The zero-order valence-corrected chi connectivity index (χ0v) is 27.9. The van der Waals surface area contributed by atoms with Gasteiger partial charge in [0.15, 0.2) is 0 Å². The number of nitrogens with zero attached hydrogens (tertiary/aromatic N) is 5. The number of ether oxygens (including phenoxy) is 2. The van der Waals surface area contributed by atoms with E-state index in [1.807, 2.05) is 13.8 Å². The largest absolute Gasteiger partial charge is 0.497 e. The fraction of sp³-hybridized carbons (Fsp3) is 0.688. The van der Waals surface area contributed by atoms with Gasteiger partial charge in [-0.05, 0) is 96.4 Å². The van der Waals surface area contributed by atoms with E-state index in [1.54, 1.807) is 35.8 Å². The van der Waals surface area contributed by atoms with E-state index in [-0.39, 0.29) is 12.6 Å². The molecule has 0 aliphatic carbocycles. The second kappa shape index (κ2) is 15.1. The van der Waals surface area contributed by atoms with E-state index in [4.69, 9.17) is 9.47 Å². The summed E-state index contributed by atoms with van der Waals surface area (Å²) in [6.45, 7) is 11.4. The van der Waals surface area contributed by atoms with Gasteiger partial charge in [0, 0.05) is 37.4 Å². The topological polar surface area (TPSA) is 100 Å². The number of likely N-dealkylation sites (tertiary alicyclic amines) is 1. The first kappa shape index (κ1) is 33.6. The van der Waals surface area contributed by atoms with Crippen molar-refractivity contribution in [2.24, 2.45) is 0 Å². The molecule has 11 heteroatoms. The number of nitrogens with one attached hydrogen (secondary N) is 1. The minimum Gasteiger partial charge on any atom is -0.497 e. The van der Waals surface area contributed by atoms with Gasteiger partial charge in [0.05, 0.1) is 25.1 Å². The summed E-state index contributed by atoms with van der Waals surface area (Å²) >= 11 is 0. The van der Waals surface area contributed by atoms with Crippen molar-refractivity contribution in [2.45, 2.75) is 88.8 Å². The van der Waals surface area contributed by atoms with Gasteiger partial charge in [-0.15, -0.1) is 0 Å². The van der Waals surface area contributed by atoms with Gasteiger partial charge < -0.3 is 24.6 Å². The van der Waals surface area contributed by atoms with Crippen molar-refractivity contribution in [3.63, 3.8) is 0 Å². The Morgan fingerprint density at radius 3 is 2.51 bits per heavy atom. The van der Waals surface area contributed by atoms with Crippen LogP contribution in [0.1, 0.15) is 68.8 Å². The summed E-state index contributed by atoms with van der Waals surface area (Å²) in [6.07, 6.45) is 9.22. The Bertz CT molecular complexity index is 1270. The fourth-order valence-corrected chi connectivity index (χ4v) is 8.46. The number of rotatable bonds is 14. The number of piperidine rings is 2. The SMILES string of the molecule is CCCCC1(N(C)C)CCN(CCNCc2nccc(OC3CCCN(S(=O)(=O)c4c(C)cc(OC)cc4C)C3)n2)CC1. The van der Waals surface area contributed by atoms with E-state index in [1.165, 1.54) is 32.1 Å². The second-order valence-corrected chi connectivity index (χ2v) is 14.3. The molecule has 1 aromatic heterocycles. The maximum absolute atomic E-state index is 13.6. The number of methoxy groups -OCH3 is 1. The van der Waals surface area contributed by atoms with Crippen molar-refractivity contribution in [2.75, 3.05) is 60.5 Å². The molecule has 2 aliphatic rings. The van der Waals surface area contributed by atoms with Gasteiger partial charge in [0.2, 0.25) is 15.9 Å². The van der Waals surface area contributed by atoms with Crippen LogP contribution in [0.25, 0.3) is 0 Å². The molecule has 4 rings (SSSR count). The van der Waals surface area contributed by atoms with Crippen LogP contribution < -0.4 is 14.8 Å². The van der Waals surface area contributed by atoms with Gasteiger partial charge in [0.1, 0.15) is 17.7 Å². The maximum Gasteiger partial charge on any atom is 0.243 e. The number of aromatic nitrogens is 2. The van der Waals surface area contributed by atoms with Crippen LogP contribution in [0.2, 0.25) is 0 Å². The van der Waals surface area contributed by atoms with Gasteiger partial charge in [-0.25, -0.2) is 13.4 Å². The van der Waals surface area contributed by atoms with E-state index in [2.05, 4.69) is 46.1 Å². The minimum atomic E-state index is -3.67. The predicted molar refractivity (Wildman–Crippen MR) is 170 cm³/mol. The highest BCUT2D eigenvalue weighted by atomic mass is 32.2. The quantitative estimate of drug-likeness (QED) is 0.316. The first-order valence-corrected chi connectivity index (χ1v) is 17.3. The minimum absolute atomic E-state index is 0.274. The Kier molecular flexibility index (Phi) is 11.8. The molecule has 10 nitrogen and oxygen atoms in total. The molecule has 1 atom stereocenters. The highest BCUT2D eigenvalue weighted by Gasteiger charge is 2.36. The summed E-state index contributed by atoms with van der Waals surface area (Å²) < 4.78 is 40.3. The van der Waals surface area contributed by atoms with Gasteiger partial charge in [-0.3, -0.25) is 0 Å². The standard InChI is InChI=1S/C32H52N6O4S/c1-7-8-12-32(36(4)5)13-18-37(19-14-32)20-16-33-23-29-34-15-11-30(35-29)42-27-10-9-17-38(24-27)43(39,40)31-25(2)21-28(41-6)22-26(31)3/h11,15,21-22,27,33H,7-10,12-14,16-20,23-24H2,1-6H3. The van der Waals surface area contributed by atoms with Gasteiger partial charge in [-0.2, -0.15) is 9.29 Å². The lowest BCUT2D eigenvalue weighted by molar-refractivity contribution is 0.0477. The van der Waals surface area contributed by atoms with Crippen LogP contribution in [0.15, 0.2) is 29.3 Å². The molecule has 43 heavy (non-hydrogen) atoms. The zero-order valence-electron chi connectivity index (χ0n) is 27.1. The van der Waals surface area contributed by atoms with Crippen LogP contribution in [0.3, 0.4) is 0 Å². The van der Waals surface area contributed by atoms with E-state index in [0.29, 0.717) is 52.1 Å². The van der Waals surface area contributed by atoms with E-state index < -0.39 is 10.0 Å². The third kappa shape index (κ3) is 8.45. The molecule has 0 amide bonds. The van der Waals surface area contributed by atoms with Crippen LogP contribution in [0, 0.1) is 13.8 Å². The molecule has 0 bridgehead atoms. The summed E-state index contributed by atoms with van der Waals surface area (Å²) in [5, 5.41) is 3.49. The van der Waals surface area contributed by atoms with Crippen molar-refractivity contribution >= 4 is 10.0 Å². The van der Waals surface area contributed by atoms with Crippen molar-refractivity contribution in [1.82, 2.24) is 29.4 Å². The first-order valence-electron chi connectivity index (χ1n) is 15.8. The lowest BCUT2D eigenvalue weighted by Crippen LogP contribution is -2.53. The number of benzene rings is 1. The second-order valence-electron chi connectivity index (χ2n) is 12.4. The molecule has 1 unspecified atom stereocenters. The lowest BCUT2D eigenvalue weighted by Gasteiger charge is -2.46. The summed E-state index contributed by atoms with van der Waals surface area (Å²) in [7, 11) is 2.39. The Morgan fingerprint density at radius 2 is 1.86 bits per heavy atom. The number of aryl methyl sites for hydroxylation is 2. The van der Waals surface area contributed by atoms with Crippen LogP contribution in [0.5, 0.6) is 11.6 Å². The molecular formula is C32H52N6O4S. The lowest BCUT2D eigenvalue weighted by atomic mass is 9.82. The van der Waals surface area contributed by atoms with Crippen LogP contribution in [-0.4, -0.2) is 105 Å². The average Bonchev–Trinajstić information content (AvgIpc) is 2.98. The molecule has 3 heterocycles. The molecule has 2 aromatic rings. The Hall–Kier alpha value is -2.31. The van der Waals surface area contributed by atoms with Crippen LogP contribution in [0.4, 0.5) is 0 Å². The van der Waals surface area contributed by atoms with Crippen molar-refractivity contribution < 1.29 is 17.9 Å². The monoisotopic (exact) mass is 616 g/mol. The summed E-state index contributed by atoms with van der Waals surface area (Å²) in [5.74, 6) is 1.81. The molecule has 2 fully saturated rings. The van der Waals surface area contributed by atoms with Gasteiger partial charge >= 0.3 is 0 Å². The molecule has 2 aliphatic heterocycles. The van der Waals surface area contributed by atoms with Crippen LogP contribution >= 0.6 is 0 Å². The average molecular weight is 617 g/mol. The number of sulfonamides is 1. The van der Waals surface area contributed by atoms with Crippen LogP contribution in [-0.2, 0) is 16.6 Å². The molecular weight excluding hydrogens is 564 g/mol. The highest BCUT2D eigenvalue weighted by molar-refractivity contribution is 7.89. The maximum atomic E-state index is 13.6. The van der Waals surface area contributed by atoms with Gasteiger partial charge in [0.25, 0.3) is 0 Å². The van der Waals surface area contributed by atoms with Crippen molar-refractivity contribution in [3.05, 3.63) is 41.3 Å². The number of hydrogen-bond acceptors (Lipinski definition) is 9. The first-order chi connectivity index (χ1) is 20.6. The van der Waals surface area contributed by atoms with E-state index >= 15 is 0 Å². The predicted octanol–water partition coefficient (Wildman–Crippen LogP) is 4.01. The third-order valence-corrected chi connectivity index (χ3v) is 11.4. The number of unbranched alkanes of at least 4 members (excludes halogenated alkanes) is 1. The smallest absolute Gasteiger partial charge is 0.243 e. The zero-order chi connectivity index (χ0) is 31.0. The highest BCUT2D eigenvalue weighted by Crippen LogP contribution is 2.32. The normalized spacial score (nSPS) is 19.9. The van der Waals surface area contributed by atoms with Crippen molar-refractivity contribution in [1.29, 1.82) is 0 Å². The molecule has 0 spiro atoms. The molecule has 0 saturated carbocycles. The molecule has 1 aromatic carbocycles. The fourth-order valence-electron chi connectivity index (χ4n) is 6.54. The van der Waals surface area contributed by atoms with E-state index in [0.717, 1.165) is 39.0 Å². The Labute approximate surface area is 259 Å². The molecule has 240 valence electrons. The van der Waals surface area contributed by atoms with E-state index in [9.17, 15) is 8.42 Å². The molecule has 2 saturated heterocycles. The summed E-state index contributed by atoms with van der Waals surface area (Å²) in [5.41, 5.74) is 1.71. The number of hydrogen-bond donors (Lipinski definition) is 1. The molecule has 1 N–H and O–H groups in total. The summed E-state index contributed by atoms with van der Waals surface area (Å²) in [4.78, 5) is 14.4. The summed E-state index contributed by atoms with van der Waals surface area (Å²) in [6, 6.07) is 5.29. The third-order valence-electron chi connectivity index (χ3n) is 9.19. The Balaban J connectivity index is 1.26. The Morgan fingerprint density at radius 1 is 1.14 bits per heavy atom. The molecule has 0 radical (unpaired) electrons.